The molecule has 5 heteroatoms. The van der Waals surface area contributed by atoms with Crippen molar-refractivity contribution >= 4 is 11.8 Å². The lowest BCUT2D eigenvalue weighted by molar-refractivity contribution is -0.129. The van der Waals surface area contributed by atoms with Crippen LogP contribution in [-0.4, -0.2) is 49.1 Å². The molecule has 5 nitrogen and oxygen atoms in total. The van der Waals surface area contributed by atoms with Crippen LogP contribution in [0.2, 0.25) is 0 Å². The quantitative estimate of drug-likeness (QED) is 0.757. The van der Waals surface area contributed by atoms with E-state index < -0.39 is 0 Å². The number of carbonyl (C=O) groups excluding carboxylic acids is 2. The van der Waals surface area contributed by atoms with Crippen molar-refractivity contribution in [2.75, 3.05) is 26.3 Å². The normalized spacial score (nSPS) is 23.9. The summed E-state index contributed by atoms with van der Waals surface area (Å²) in [7, 11) is 0. The minimum atomic E-state index is -0.164. The molecular formula is C16H28N2O3. The highest BCUT2D eigenvalue weighted by molar-refractivity contribution is 5.89. The Kier molecular flexibility index (Phi) is 6.03. The van der Waals surface area contributed by atoms with Crippen LogP contribution >= 0.6 is 0 Å². The van der Waals surface area contributed by atoms with Crippen LogP contribution in [0.5, 0.6) is 0 Å². The Morgan fingerprint density at radius 3 is 2.71 bits per heavy atom. The Labute approximate surface area is 127 Å². The number of likely N-dealkylation sites (tertiary alicyclic amines) is 1. The first-order valence-electron chi connectivity index (χ1n) is 8.23. The summed E-state index contributed by atoms with van der Waals surface area (Å²) in [5, 5.41) is 3.00. The van der Waals surface area contributed by atoms with Gasteiger partial charge in [0.2, 0.25) is 11.8 Å². The lowest BCUT2D eigenvalue weighted by Gasteiger charge is -2.22. The molecule has 2 saturated heterocycles. The maximum atomic E-state index is 12.1. The molecule has 2 heterocycles. The third-order valence-electron chi connectivity index (χ3n) is 4.58. The summed E-state index contributed by atoms with van der Waals surface area (Å²) < 4.78 is 5.34. The number of hydrogen-bond acceptors (Lipinski definition) is 3. The lowest BCUT2D eigenvalue weighted by atomic mass is 9.95. The maximum Gasteiger partial charge on any atom is 0.225 e. The van der Waals surface area contributed by atoms with E-state index in [0.29, 0.717) is 13.0 Å². The van der Waals surface area contributed by atoms with Gasteiger partial charge in [-0.15, -0.1) is 0 Å². The topological polar surface area (TPSA) is 58.6 Å². The summed E-state index contributed by atoms with van der Waals surface area (Å²) in [6, 6.07) is 0.184. The number of rotatable bonds is 6. The highest BCUT2D eigenvalue weighted by atomic mass is 16.5. The average molecular weight is 296 g/mol. The van der Waals surface area contributed by atoms with E-state index in [1.807, 2.05) is 13.8 Å². The van der Waals surface area contributed by atoms with E-state index in [4.69, 9.17) is 4.74 Å². The Morgan fingerprint density at radius 1 is 1.38 bits per heavy atom. The second-order valence-corrected chi connectivity index (χ2v) is 6.53. The van der Waals surface area contributed by atoms with Crippen molar-refractivity contribution in [3.63, 3.8) is 0 Å². The minimum absolute atomic E-state index is 0.0403. The first kappa shape index (κ1) is 16.3. The van der Waals surface area contributed by atoms with Crippen molar-refractivity contribution in [3.8, 4) is 0 Å². The van der Waals surface area contributed by atoms with E-state index in [-0.39, 0.29) is 23.8 Å². The Balaban J connectivity index is 1.62. The summed E-state index contributed by atoms with van der Waals surface area (Å²) in [5.41, 5.74) is 0. The standard InChI is InChI=1S/C16H28N2O3/c1-12(2)18-11-14(10-15(18)19)16(20)17-7-3-4-13-5-8-21-9-6-13/h12-14H,3-11H2,1-2H3,(H,17,20). The fourth-order valence-corrected chi connectivity index (χ4v) is 3.19. The second kappa shape index (κ2) is 7.78. The van der Waals surface area contributed by atoms with Crippen molar-refractivity contribution in [2.45, 2.75) is 52.0 Å². The molecular weight excluding hydrogens is 268 g/mol. The van der Waals surface area contributed by atoms with E-state index in [2.05, 4.69) is 5.32 Å². The fraction of sp³-hybridized carbons (Fsp3) is 0.875. The number of ether oxygens (including phenoxy) is 1. The van der Waals surface area contributed by atoms with Gasteiger partial charge in [-0.2, -0.15) is 0 Å². The van der Waals surface area contributed by atoms with Crippen LogP contribution in [0, 0.1) is 11.8 Å². The van der Waals surface area contributed by atoms with Crippen LogP contribution in [0.3, 0.4) is 0 Å². The van der Waals surface area contributed by atoms with Crippen molar-refractivity contribution in [3.05, 3.63) is 0 Å². The molecule has 21 heavy (non-hydrogen) atoms. The summed E-state index contributed by atoms with van der Waals surface area (Å²) in [5.74, 6) is 0.731. The smallest absolute Gasteiger partial charge is 0.225 e. The second-order valence-electron chi connectivity index (χ2n) is 6.53. The van der Waals surface area contributed by atoms with Crippen LogP contribution in [0.15, 0.2) is 0 Å². The van der Waals surface area contributed by atoms with Gasteiger partial charge in [-0.25, -0.2) is 0 Å². The Hall–Kier alpha value is -1.10. The van der Waals surface area contributed by atoms with Crippen molar-refractivity contribution in [1.29, 1.82) is 0 Å². The van der Waals surface area contributed by atoms with Crippen molar-refractivity contribution < 1.29 is 14.3 Å². The lowest BCUT2D eigenvalue weighted by Crippen LogP contribution is -2.36. The van der Waals surface area contributed by atoms with Gasteiger partial charge >= 0.3 is 0 Å². The zero-order chi connectivity index (χ0) is 15.2. The molecule has 0 saturated carbocycles. The zero-order valence-corrected chi connectivity index (χ0v) is 13.3. The first-order valence-corrected chi connectivity index (χ1v) is 8.23. The molecule has 0 spiro atoms. The monoisotopic (exact) mass is 296 g/mol. The van der Waals surface area contributed by atoms with E-state index >= 15 is 0 Å². The molecule has 2 aliphatic heterocycles. The fourth-order valence-electron chi connectivity index (χ4n) is 3.19. The highest BCUT2D eigenvalue weighted by Gasteiger charge is 2.35. The Morgan fingerprint density at radius 2 is 2.10 bits per heavy atom. The van der Waals surface area contributed by atoms with Gasteiger partial charge in [-0.3, -0.25) is 9.59 Å². The van der Waals surface area contributed by atoms with Crippen LogP contribution in [0.4, 0.5) is 0 Å². The van der Waals surface area contributed by atoms with E-state index in [1.165, 1.54) is 0 Å². The molecule has 1 unspecified atom stereocenters. The molecule has 2 rings (SSSR count). The van der Waals surface area contributed by atoms with E-state index in [9.17, 15) is 9.59 Å². The molecule has 0 aliphatic carbocycles. The van der Waals surface area contributed by atoms with Gasteiger partial charge in [-0.1, -0.05) is 0 Å². The molecule has 0 bridgehead atoms. The molecule has 0 aromatic heterocycles. The SMILES string of the molecule is CC(C)N1CC(C(=O)NCCCC2CCOCC2)CC1=O. The van der Waals surface area contributed by atoms with Crippen molar-refractivity contribution in [2.24, 2.45) is 11.8 Å². The molecule has 1 atom stereocenters. The summed E-state index contributed by atoms with van der Waals surface area (Å²) in [6.45, 7) is 7.04. The van der Waals surface area contributed by atoms with Crippen molar-refractivity contribution in [1.82, 2.24) is 10.2 Å². The maximum absolute atomic E-state index is 12.1. The predicted octanol–water partition coefficient (Wildman–Crippen LogP) is 1.57. The van der Waals surface area contributed by atoms with Gasteiger partial charge in [0.15, 0.2) is 0 Å². The third-order valence-corrected chi connectivity index (χ3v) is 4.58. The number of hydrogen-bond donors (Lipinski definition) is 1. The van der Waals surface area contributed by atoms with Crippen LogP contribution in [0.25, 0.3) is 0 Å². The minimum Gasteiger partial charge on any atom is -0.381 e. The molecule has 0 radical (unpaired) electrons. The molecule has 0 aromatic rings. The molecule has 0 aromatic carbocycles. The van der Waals surface area contributed by atoms with Gasteiger partial charge in [0.1, 0.15) is 0 Å². The first-order chi connectivity index (χ1) is 10.1. The van der Waals surface area contributed by atoms with Gasteiger partial charge in [0.25, 0.3) is 0 Å². The largest absolute Gasteiger partial charge is 0.381 e. The number of amides is 2. The molecule has 120 valence electrons. The van der Waals surface area contributed by atoms with Crippen LogP contribution < -0.4 is 5.32 Å². The van der Waals surface area contributed by atoms with E-state index in [1.54, 1.807) is 4.90 Å². The third kappa shape index (κ3) is 4.70. The molecule has 2 fully saturated rings. The Bertz CT molecular complexity index is 365. The molecule has 2 amide bonds. The summed E-state index contributed by atoms with van der Waals surface area (Å²) >= 11 is 0. The van der Waals surface area contributed by atoms with Gasteiger partial charge < -0.3 is 15.0 Å². The highest BCUT2D eigenvalue weighted by Crippen LogP contribution is 2.21. The van der Waals surface area contributed by atoms with Gasteiger partial charge in [0, 0.05) is 38.8 Å². The summed E-state index contributed by atoms with van der Waals surface area (Å²) in [4.78, 5) is 25.7. The average Bonchev–Trinajstić information content (AvgIpc) is 2.87. The number of carbonyl (C=O) groups is 2. The van der Waals surface area contributed by atoms with Gasteiger partial charge in [0.05, 0.1) is 5.92 Å². The summed E-state index contributed by atoms with van der Waals surface area (Å²) in [6.07, 6.45) is 4.84. The predicted molar refractivity (Wildman–Crippen MR) is 80.7 cm³/mol. The van der Waals surface area contributed by atoms with Gasteiger partial charge in [-0.05, 0) is 45.4 Å². The molecule has 2 aliphatic rings. The number of nitrogens with zero attached hydrogens (tertiary/aromatic N) is 1. The molecule has 1 N–H and O–H groups in total. The number of nitrogens with one attached hydrogen (secondary N) is 1. The van der Waals surface area contributed by atoms with Crippen LogP contribution in [-0.2, 0) is 14.3 Å². The zero-order valence-electron chi connectivity index (χ0n) is 13.3. The van der Waals surface area contributed by atoms with Crippen LogP contribution in [0.1, 0.15) is 46.0 Å². The van der Waals surface area contributed by atoms with E-state index in [0.717, 1.165) is 51.4 Å².